The smallest absolute Gasteiger partial charge is 0.350 e. The van der Waals surface area contributed by atoms with Gasteiger partial charge in [0.05, 0.1) is 22.9 Å². The zero-order valence-corrected chi connectivity index (χ0v) is 18.8. The van der Waals surface area contributed by atoms with Crippen molar-refractivity contribution in [3.8, 4) is 0 Å². The van der Waals surface area contributed by atoms with Gasteiger partial charge in [-0.2, -0.15) is 0 Å². The van der Waals surface area contributed by atoms with Gasteiger partial charge in [0.2, 0.25) is 0 Å². The van der Waals surface area contributed by atoms with Crippen LogP contribution in [0.25, 0.3) is 0 Å². The van der Waals surface area contributed by atoms with Gasteiger partial charge in [-0.15, -0.1) is 0 Å². The molecule has 0 radical (unpaired) electrons. The van der Waals surface area contributed by atoms with Crippen molar-refractivity contribution in [2.75, 3.05) is 23.3 Å². The molecule has 1 heterocycles. The van der Waals surface area contributed by atoms with Crippen LogP contribution in [0.5, 0.6) is 0 Å². The Balaban J connectivity index is 1.82. The number of aryl methyl sites for hydroxylation is 1. The third kappa shape index (κ3) is 4.92. The molecule has 0 atom stereocenters. The molecular formula is C21H21N3O5S2. The van der Waals surface area contributed by atoms with E-state index in [0.29, 0.717) is 16.3 Å². The largest absolute Gasteiger partial charge is 0.462 e. The van der Waals surface area contributed by atoms with E-state index in [1.165, 1.54) is 31.3 Å². The summed E-state index contributed by atoms with van der Waals surface area (Å²) in [4.78, 5) is 29.1. The maximum absolute atomic E-state index is 13.0. The summed E-state index contributed by atoms with van der Waals surface area (Å²) in [5, 5.41) is 2.83. The van der Waals surface area contributed by atoms with Gasteiger partial charge in [0.1, 0.15) is 4.88 Å². The highest BCUT2D eigenvalue weighted by Crippen LogP contribution is 2.25. The zero-order chi connectivity index (χ0) is 22.6. The number of ether oxygens (including phenoxy) is 1. The SMILES string of the molecule is CCOC(=O)c1sc(NC(=O)c2cccc(S(=O)(=O)N(C)c3ccccc3)c2)nc1C. The van der Waals surface area contributed by atoms with E-state index in [1.807, 2.05) is 0 Å². The fraction of sp³-hybridized carbons (Fsp3) is 0.190. The number of aromatic nitrogens is 1. The van der Waals surface area contributed by atoms with Crippen LogP contribution in [0, 0.1) is 6.92 Å². The molecule has 3 aromatic rings. The van der Waals surface area contributed by atoms with Crippen LogP contribution in [0.15, 0.2) is 59.5 Å². The van der Waals surface area contributed by atoms with Gasteiger partial charge in [0.15, 0.2) is 5.13 Å². The minimum Gasteiger partial charge on any atom is -0.462 e. The molecule has 10 heteroatoms. The van der Waals surface area contributed by atoms with Crippen LogP contribution in [0.1, 0.15) is 32.6 Å². The molecule has 1 amide bonds. The van der Waals surface area contributed by atoms with Crippen LogP contribution in [0.4, 0.5) is 10.8 Å². The molecule has 0 spiro atoms. The van der Waals surface area contributed by atoms with Gasteiger partial charge in [-0.05, 0) is 44.2 Å². The number of amides is 1. The molecule has 2 aromatic carbocycles. The first-order valence-electron chi connectivity index (χ1n) is 9.34. The number of nitrogens with zero attached hydrogens (tertiary/aromatic N) is 2. The summed E-state index contributed by atoms with van der Waals surface area (Å²) in [6.45, 7) is 3.58. The minimum absolute atomic E-state index is 0.0194. The van der Waals surface area contributed by atoms with Crippen molar-refractivity contribution in [1.29, 1.82) is 0 Å². The fourth-order valence-electron chi connectivity index (χ4n) is 2.74. The number of para-hydroxylation sites is 1. The summed E-state index contributed by atoms with van der Waals surface area (Å²) in [6.07, 6.45) is 0. The Hall–Kier alpha value is -3.24. The lowest BCUT2D eigenvalue weighted by Crippen LogP contribution is -2.26. The number of carbonyl (C=O) groups is 2. The molecule has 0 saturated heterocycles. The standard InChI is InChI=1S/C21H21N3O5S2/c1-4-29-20(26)18-14(2)22-21(30-18)23-19(25)15-9-8-12-17(13-15)31(27,28)24(3)16-10-6-5-7-11-16/h5-13H,4H2,1-3H3,(H,22,23,25). The number of hydrogen-bond acceptors (Lipinski definition) is 7. The molecule has 0 unspecified atom stereocenters. The van der Waals surface area contributed by atoms with Gasteiger partial charge < -0.3 is 4.74 Å². The van der Waals surface area contributed by atoms with E-state index in [9.17, 15) is 18.0 Å². The van der Waals surface area contributed by atoms with E-state index in [2.05, 4.69) is 10.3 Å². The predicted molar refractivity (Wildman–Crippen MR) is 119 cm³/mol. The normalized spacial score (nSPS) is 11.1. The van der Waals surface area contributed by atoms with Gasteiger partial charge >= 0.3 is 5.97 Å². The van der Waals surface area contributed by atoms with E-state index < -0.39 is 21.9 Å². The molecule has 0 aliphatic rings. The van der Waals surface area contributed by atoms with Gasteiger partial charge in [0.25, 0.3) is 15.9 Å². The first-order valence-corrected chi connectivity index (χ1v) is 11.6. The molecule has 0 aliphatic heterocycles. The number of thiazole rings is 1. The monoisotopic (exact) mass is 459 g/mol. The Morgan fingerprint density at radius 1 is 1.13 bits per heavy atom. The molecule has 0 bridgehead atoms. The van der Waals surface area contributed by atoms with Crippen molar-refractivity contribution < 1.29 is 22.7 Å². The van der Waals surface area contributed by atoms with E-state index in [0.717, 1.165) is 15.6 Å². The molecule has 1 N–H and O–H groups in total. The summed E-state index contributed by atoms with van der Waals surface area (Å²) in [5.74, 6) is -1.04. The third-order valence-corrected chi connectivity index (χ3v) is 7.19. The van der Waals surface area contributed by atoms with Crippen molar-refractivity contribution >= 4 is 44.1 Å². The van der Waals surface area contributed by atoms with E-state index in [-0.39, 0.29) is 22.2 Å². The summed E-state index contributed by atoms with van der Waals surface area (Å²) >= 11 is 0.998. The van der Waals surface area contributed by atoms with E-state index >= 15 is 0 Å². The fourth-order valence-corrected chi connectivity index (χ4v) is 4.83. The maximum atomic E-state index is 13.0. The molecule has 0 aliphatic carbocycles. The Labute approximate surface area is 184 Å². The van der Waals surface area contributed by atoms with Gasteiger partial charge in [-0.25, -0.2) is 18.2 Å². The molecule has 3 rings (SSSR count). The number of anilines is 2. The average molecular weight is 460 g/mol. The Morgan fingerprint density at radius 2 is 1.84 bits per heavy atom. The summed E-state index contributed by atoms with van der Waals surface area (Å²) in [7, 11) is -2.41. The minimum atomic E-state index is -3.86. The van der Waals surface area contributed by atoms with Crippen LogP contribution in [0.2, 0.25) is 0 Å². The average Bonchev–Trinajstić information content (AvgIpc) is 3.14. The number of nitrogens with one attached hydrogen (secondary N) is 1. The highest BCUT2D eigenvalue weighted by Gasteiger charge is 2.23. The molecular weight excluding hydrogens is 438 g/mol. The third-order valence-electron chi connectivity index (χ3n) is 4.35. The molecule has 8 nitrogen and oxygen atoms in total. The Bertz CT molecular complexity index is 1210. The molecule has 162 valence electrons. The van der Waals surface area contributed by atoms with Crippen molar-refractivity contribution in [2.45, 2.75) is 18.7 Å². The lowest BCUT2D eigenvalue weighted by molar-refractivity contribution is 0.0531. The quantitative estimate of drug-likeness (QED) is 0.540. The molecule has 0 saturated carbocycles. The first-order chi connectivity index (χ1) is 14.7. The number of esters is 1. The molecule has 1 aromatic heterocycles. The predicted octanol–water partition coefficient (Wildman–Crippen LogP) is 3.71. The van der Waals surface area contributed by atoms with Gasteiger partial charge in [0, 0.05) is 12.6 Å². The summed E-state index contributed by atoms with van der Waals surface area (Å²) in [5.41, 5.74) is 1.09. The van der Waals surface area contributed by atoms with Crippen LogP contribution in [-0.4, -0.2) is 38.9 Å². The van der Waals surface area contributed by atoms with Crippen molar-refractivity contribution in [1.82, 2.24) is 4.98 Å². The number of carbonyl (C=O) groups excluding carboxylic acids is 2. The van der Waals surface area contributed by atoms with Crippen molar-refractivity contribution in [3.05, 3.63) is 70.7 Å². The Kier molecular flexibility index (Phi) is 6.71. The topological polar surface area (TPSA) is 106 Å². The van der Waals surface area contributed by atoms with Crippen LogP contribution >= 0.6 is 11.3 Å². The van der Waals surface area contributed by atoms with Crippen molar-refractivity contribution in [2.24, 2.45) is 0 Å². The number of hydrogen-bond donors (Lipinski definition) is 1. The van der Waals surface area contributed by atoms with Gasteiger partial charge in [-0.3, -0.25) is 14.4 Å². The Morgan fingerprint density at radius 3 is 2.52 bits per heavy atom. The lowest BCUT2D eigenvalue weighted by Gasteiger charge is -2.19. The van der Waals surface area contributed by atoms with Crippen molar-refractivity contribution in [3.63, 3.8) is 0 Å². The summed E-state index contributed by atoms with van der Waals surface area (Å²) in [6, 6.07) is 14.4. The molecule has 31 heavy (non-hydrogen) atoms. The second-order valence-electron chi connectivity index (χ2n) is 6.44. The lowest BCUT2D eigenvalue weighted by atomic mass is 10.2. The second-order valence-corrected chi connectivity index (χ2v) is 9.41. The van der Waals surface area contributed by atoms with E-state index in [4.69, 9.17) is 4.74 Å². The highest BCUT2D eigenvalue weighted by atomic mass is 32.2. The van der Waals surface area contributed by atoms with E-state index in [1.54, 1.807) is 44.2 Å². The van der Waals surface area contributed by atoms with Gasteiger partial charge in [-0.1, -0.05) is 35.6 Å². The summed E-state index contributed by atoms with van der Waals surface area (Å²) < 4.78 is 32.1. The highest BCUT2D eigenvalue weighted by molar-refractivity contribution is 7.92. The first kappa shape index (κ1) is 22.4. The zero-order valence-electron chi connectivity index (χ0n) is 17.2. The van der Waals surface area contributed by atoms with Crippen LogP contribution < -0.4 is 9.62 Å². The number of benzene rings is 2. The molecule has 0 fully saturated rings. The second kappa shape index (κ2) is 9.27. The van der Waals surface area contributed by atoms with Crippen LogP contribution in [0.3, 0.4) is 0 Å². The maximum Gasteiger partial charge on any atom is 0.350 e. The number of rotatable bonds is 7. The number of sulfonamides is 1. The van der Waals surface area contributed by atoms with Crippen LogP contribution in [-0.2, 0) is 14.8 Å².